The lowest BCUT2D eigenvalue weighted by Crippen LogP contribution is -2.49. The van der Waals surface area contributed by atoms with Gasteiger partial charge in [0, 0.05) is 25.5 Å². The number of rotatable bonds is 6. The van der Waals surface area contributed by atoms with Crippen LogP contribution in [0.4, 0.5) is 0 Å². The van der Waals surface area contributed by atoms with Crippen LogP contribution in [0.25, 0.3) is 0 Å². The summed E-state index contributed by atoms with van der Waals surface area (Å²) in [7, 11) is 2.87. The molecule has 0 aromatic carbocycles. The van der Waals surface area contributed by atoms with Crippen LogP contribution < -0.4 is 5.32 Å². The fourth-order valence-corrected chi connectivity index (χ4v) is 2.12. The van der Waals surface area contributed by atoms with Crippen molar-refractivity contribution in [3.63, 3.8) is 0 Å². The molecule has 3 N–H and O–H groups in total. The first-order valence-electron chi connectivity index (χ1n) is 5.81. The largest absolute Gasteiger partial charge is 0.380 e. The van der Waals surface area contributed by atoms with Crippen molar-refractivity contribution in [2.75, 3.05) is 20.6 Å². The molecule has 0 bridgehead atoms. The van der Waals surface area contributed by atoms with Crippen LogP contribution in [0.2, 0.25) is 0 Å². The third kappa shape index (κ3) is 4.62. The molecule has 2 atom stereocenters. The van der Waals surface area contributed by atoms with Gasteiger partial charge in [-0.3, -0.25) is 9.59 Å². The summed E-state index contributed by atoms with van der Waals surface area (Å²) < 4.78 is 0. The first kappa shape index (κ1) is 15.6. The van der Waals surface area contributed by atoms with Crippen molar-refractivity contribution < 1.29 is 19.8 Å². The number of carbonyl (C=O) groups excluding carboxylic acids is 2. The summed E-state index contributed by atoms with van der Waals surface area (Å²) in [6.45, 7) is 0.347. The molecule has 1 rings (SSSR count). The number of aliphatic hydroxyl groups excluding tert-OH is 2. The Kier molecular flexibility index (Phi) is 5.94. The summed E-state index contributed by atoms with van der Waals surface area (Å²) >= 11 is 1.57. The Morgan fingerprint density at radius 1 is 1.37 bits per heavy atom. The van der Waals surface area contributed by atoms with E-state index < -0.39 is 24.0 Å². The van der Waals surface area contributed by atoms with Crippen LogP contribution in [0, 0.1) is 0 Å². The Balaban J connectivity index is 2.38. The van der Waals surface area contributed by atoms with Gasteiger partial charge in [-0.25, -0.2) is 0 Å². The maximum atomic E-state index is 11.6. The molecule has 0 aliphatic heterocycles. The summed E-state index contributed by atoms with van der Waals surface area (Å²) in [6, 6.07) is 3.86. The Morgan fingerprint density at radius 2 is 2.05 bits per heavy atom. The van der Waals surface area contributed by atoms with Crippen molar-refractivity contribution >= 4 is 23.2 Å². The van der Waals surface area contributed by atoms with Crippen LogP contribution in [0.5, 0.6) is 0 Å². The van der Waals surface area contributed by atoms with Crippen LogP contribution in [0.3, 0.4) is 0 Å². The number of nitrogens with zero attached hydrogens (tertiary/aromatic N) is 1. The maximum absolute atomic E-state index is 11.6. The number of carbonyl (C=O) groups is 2. The fraction of sp³-hybridized carbons (Fsp3) is 0.500. The van der Waals surface area contributed by atoms with Crippen molar-refractivity contribution in [1.29, 1.82) is 0 Å². The third-order valence-electron chi connectivity index (χ3n) is 2.51. The molecule has 19 heavy (non-hydrogen) atoms. The summed E-state index contributed by atoms with van der Waals surface area (Å²) in [5.74, 6) is -1.46. The summed E-state index contributed by atoms with van der Waals surface area (Å²) in [5, 5.41) is 23.5. The minimum atomic E-state index is -1.75. The van der Waals surface area contributed by atoms with Gasteiger partial charge >= 0.3 is 0 Å². The molecule has 1 aromatic heterocycles. The van der Waals surface area contributed by atoms with Crippen LogP contribution in [-0.2, 0) is 16.0 Å². The summed E-state index contributed by atoms with van der Waals surface area (Å²) in [6.07, 6.45) is -2.84. The average molecular weight is 286 g/mol. The zero-order valence-electron chi connectivity index (χ0n) is 10.9. The first-order valence-corrected chi connectivity index (χ1v) is 6.69. The number of likely N-dealkylation sites (N-methyl/N-ethyl adjacent to an activating group) is 1. The second-order valence-corrected chi connectivity index (χ2v) is 5.27. The zero-order valence-corrected chi connectivity index (χ0v) is 11.7. The molecular weight excluding hydrogens is 268 g/mol. The van der Waals surface area contributed by atoms with Gasteiger partial charge in [0.1, 0.15) is 0 Å². The Bertz CT molecular complexity index is 419. The highest BCUT2D eigenvalue weighted by atomic mass is 32.1. The molecule has 6 nitrogen and oxygen atoms in total. The minimum Gasteiger partial charge on any atom is -0.380 e. The Hall–Kier alpha value is -1.44. The number of hydrogen-bond donors (Lipinski definition) is 3. The van der Waals surface area contributed by atoms with Gasteiger partial charge < -0.3 is 20.4 Å². The molecule has 0 aliphatic rings. The normalized spacial score (nSPS) is 13.7. The molecule has 0 saturated carbocycles. The second kappa shape index (κ2) is 7.22. The van der Waals surface area contributed by atoms with E-state index in [1.54, 1.807) is 11.3 Å². The van der Waals surface area contributed by atoms with Crippen molar-refractivity contribution in [2.45, 2.75) is 18.6 Å². The molecule has 0 saturated heterocycles. The molecule has 2 amide bonds. The zero-order chi connectivity index (χ0) is 14.4. The van der Waals surface area contributed by atoms with E-state index in [1.807, 2.05) is 17.5 Å². The minimum absolute atomic E-state index is 0.347. The quantitative estimate of drug-likeness (QED) is 0.640. The monoisotopic (exact) mass is 286 g/mol. The maximum Gasteiger partial charge on any atom is 0.254 e. The summed E-state index contributed by atoms with van der Waals surface area (Å²) in [4.78, 5) is 25.2. The predicted octanol–water partition coefficient (Wildman–Crippen LogP) is -0.783. The van der Waals surface area contributed by atoms with E-state index in [0.717, 1.165) is 9.78 Å². The van der Waals surface area contributed by atoms with Gasteiger partial charge in [-0.1, -0.05) is 6.07 Å². The van der Waals surface area contributed by atoms with E-state index in [-0.39, 0.29) is 0 Å². The number of aliphatic hydroxyl groups is 2. The Labute approximate surface area is 115 Å². The fourth-order valence-electron chi connectivity index (χ4n) is 1.41. The molecule has 0 fully saturated rings. The van der Waals surface area contributed by atoms with Gasteiger partial charge in [0.25, 0.3) is 11.8 Å². The highest BCUT2D eigenvalue weighted by Gasteiger charge is 2.30. The van der Waals surface area contributed by atoms with Crippen LogP contribution in [0.15, 0.2) is 17.5 Å². The standard InChI is InChI=1S/C12H18N2O4S/c1-14(2)12(18)10(16)9(15)11(17)13-6-5-8-4-3-7-19-8/h3-4,7,9-10,15-16H,5-6H2,1-2H3,(H,13,17)/t9-,10-/m1/s1. The van der Waals surface area contributed by atoms with Gasteiger partial charge in [0.15, 0.2) is 12.2 Å². The molecule has 106 valence electrons. The van der Waals surface area contributed by atoms with Gasteiger partial charge in [0.2, 0.25) is 0 Å². The van der Waals surface area contributed by atoms with Crippen molar-refractivity contribution in [3.05, 3.63) is 22.4 Å². The number of nitrogens with one attached hydrogen (secondary N) is 1. The SMILES string of the molecule is CN(C)C(=O)[C@H](O)[C@@H](O)C(=O)NCCc1cccs1. The second-order valence-electron chi connectivity index (χ2n) is 4.24. The van der Waals surface area contributed by atoms with E-state index in [9.17, 15) is 19.8 Å². The molecule has 1 aromatic rings. The molecule has 1 heterocycles. The molecule has 0 unspecified atom stereocenters. The highest BCUT2D eigenvalue weighted by Crippen LogP contribution is 2.08. The van der Waals surface area contributed by atoms with Gasteiger partial charge in [-0.05, 0) is 17.9 Å². The smallest absolute Gasteiger partial charge is 0.254 e. The average Bonchev–Trinajstić information content (AvgIpc) is 2.88. The number of hydrogen-bond acceptors (Lipinski definition) is 5. The molecule has 0 radical (unpaired) electrons. The van der Waals surface area contributed by atoms with E-state index in [4.69, 9.17) is 0 Å². The van der Waals surface area contributed by atoms with E-state index in [2.05, 4.69) is 5.32 Å². The van der Waals surface area contributed by atoms with E-state index >= 15 is 0 Å². The first-order chi connectivity index (χ1) is 8.93. The highest BCUT2D eigenvalue weighted by molar-refractivity contribution is 7.09. The number of amides is 2. The lowest BCUT2D eigenvalue weighted by molar-refractivity contribution is -0.151. The van der Waals surface area contributed by atoms with Crippen molar-refractivity contribution in [3.8, 4) is 0 Å². The lowest BCUT2D eigenvalue weighted by Gasteiger charge is -2.20. The molecule has 0 aliphatic carbocycles. The van der Waals surface area contributed by atoms with Crippen molar-refractivity contribution in [2.24, 2.45) is 0 Å². The topological polar surface area (TPSA) is 89.9 Å². The van der Waals surface area contributed by atoms with Crippen molar-refractivity contribution in [1.82, 2.24) is 10.2 Å². The molecule has 7 heteroatoms. The van der Waals surface area contributed by atoms with Crippen LogP contribution in [0.1, 0.15) is 4.88 Å². The Morgan fingerprint density at radius 3 is 2.58 bits per heavy atom. The van der Waals surface area contributed by atoms with E-state index in [1.165, 1.54) is 14.1 Å². The molecular formula is C12H18N2O4S. The van der Waals surface area contributed by atoms with Crippen LogP contribution in [-0.4, -0.2) is 59.8 Å². The van der Waals surface area contributed by atoms with Gasteiger partial charge in [-0.2, -0.15) is 0 Å². The summed E-state index contributed by atoms with van der Waals surface area (Å²) in [5.41, 5.74) is 0. The number of thiophene rings is 1. The van der Waals surface area contributed by atoms with Gasteiger partial charge in [-0.15, -0.1) is 11.3 Å². The van der Waals surface area contributed by atoms with Gasteiger partial charge in [0.05, 0.1) is 0 Å². The lowest BCUT2D eigenvalue weighted by atomic mass is 10.1. The molecule has 0 spiro atoms. The van der Waals surface area contributed by atoms with Crippen LogP contribution >= 0.6 is 11.3 Å². The third-order valence-corrected chi connectivity index (χ3v) is 3.45. The van der Waals surface area contributed by atoms with E-state index in [0.29, 0.717) is 13.0 Å². The predicted molar refractivity (Wildman–Crippen MR) is 71.7 cm³/mol.